The maximum Gasteiger partial charge on any atom is 0.151 e. The molecule has 168 valence electrons. The molecule has 3 nitrogen and oxygen atoms in total. The van der Waals surface area contributed by atoms with Gasteiger partial charge in [-0.05, 0) is 54.9 Å². The van der Waals surface area contributed by atoms with Gasteiger partial charge in [0, 0.05) is 18.8 Å². The highest BCUT2D eigenvalue weighted by atomic mass is 16.2. The van der Waals surface area contributed by atoms with Crippen molar-refractivity contribution in [1.29, 1.82) is 0 Å². The molecule has 0 amide bonds. The number of hydrogen-bond acceptors (Lipinski definition) is 3. The zero-order valence-corrected chi connectivity index (χ0v) is 20.8. The Bertz CT molecular complexity index is 757. The van der Waals surface area contributed by atoms with Gasteiger partial charge in [0.1, 0.15) is 17.5 Å². The second-order valence-corrected chi connectivity index (χ2v) is 9.37. The molecule has 30 heavy (non-hydrogen) atoms. The molecule has 1 aromatic rings. The van der Waals surface area contributed by atoms with Gasteiger partial charge >= 0.3 is 0 Å². The van der Waals surface area contributed by atoms with Gasteiger partial charge < -0.3 is 4.79 Å². The molecule has 1 aliphatic carbocycles. The van der Waals surface area contributed by atoms with Crippen molar-refractivity contribution in [2.75, 3.05) is 0 Å². The van der Waals surface area contributed by atoms with Crippen LogP contribution in [0.4, 0.5) is 0 Å². The molecule has 1 saturated carbocycles. The standard InChI is InChI=1S/C20H24O3.C5H12.C2H6/c1-5-7-14-8-12(3)18(15(6-2)10-14)19-17(22)11-16(20(19)23)9-13(4)21;1-5(2,3)4;1-2/h5,7-8,10,16,19H,6,9,11H2,1-4H3;1-4H3;1-2H3/b7-5+;;. The van der Waals surface area contributed by atoms with Crippen molar-refractivity contribution in [2.24, 2.45) is 11.3 Å². The number of carbonyl (C=O) groups is 3. The van der Waals surface area contributed by atoms with Crippen molar-refractivity contribution < 1.29 is 14.4 Å². The number of carbonyl (C=O) groups excluding carboxylic acids is 3. The van der Waals surface area contributed by atoms with Gasteiger partial charge in [0.05, 0.1) is 0 Å². The first kappa shape index (κ1) is 28.0. The minimum absolute atomic E-state index is 0.0346. The van der Waals surface area contributed by atoms with E-state index >= 15 is 0 Å². The molecule has 0 aliphatic heterocycles. The summed E-state index contributed by atoms with van der Waals surface area (Å²) in [4.78, 5) is 36.5. The van der Waals surface area contributed by atoms with Crippen LogP contribution in [0.15, 0.2) is 18.2 Å². The zero-order chi connectivity index (χ0) is 23.6. The lowest BCUT2D eigenvalue weighted by molar-refractivity contribution is -0.127. The monoisotopic (exact) mass is 414 g/mol. The van der Waals surface area contributed by atoms with Gasteiger partial charge in [-0.1, -0.05) is 72.8 Å². The molecule has 1 aromatic carbocycles. The Balaban J connectivity index is 0.00000105. The molecular weight excluding hydrogens is 372 g/mol. The predicted molar refractivity (Wildman–Crippen MR) is 128 cm³/mol. The van der Waals surface area contributed by atoms with Crippen molar-refractivity contribution in [3.05, 3.63) is 40.5 Å². The van der Waals surface area contributed by atoms with Crippen molar-refractivity contribution in [3.63, 3.8) is 0 Å². The molecule has 0 spiro atoms. The van der Waals surface area contributed by atoms with Crippen LogP contribution in [0.2, 0.25) is 0 Å². The van der Waals surface area contributed by atoms with Crippen LogP contribution in [0.25, 0.3) is 6.08 Å². The van der Waals surface area contributed by atoms with Gasteiger partial charge in [0.2, 0.25) is 0 Å². The number of ketones is 3. The van der Waals surface area contributed by atoms with Crippen LogP contribution in [0.3, 0.4) is 0 Å². The molecule has 0 N–H and O–H groups in total. The first-order valence-electron chi connectivity index (χ1n) is 11.2. The van der Waals surface area contributed by atoms with Gasteiger partial charge in [-0.25, -0.2) is 0 Å². The molecule has 2 atom stereocenters. The average Bonchev–Trinajstić information content (AvgIpc) is 2.88. The highest BCUT2D eigenvalue weighted by Crippen LogP contribution is 2.38. The summed E-state index contributed by atoms with van der Waals surface area (Å²) in [6.07, 6.45) is 5.14. The third-order valence-corrected chi connectivity index (χ3v) is 4.51. The number of aryl methyl sites for hydroxylation is 2. The molecule has 2 rings (SSSR count). The second-order valence-electron chi connectivity index (χ2n) is 9.37. The van der Waals surface area contributed by atoms with E-state index in [1.165, 1.54) is 6.92 Å². The summed E-state index contributed by atoms with van der Waals surface area (Å²) in [5.74, 6) is -1.29. The molecule has 0 bridgehead atoms. The highest BCUT2D eigenvalue weighted by molar-refractivity contribution is 6.15. The summed E-state index contributed by atoms with van der Waals surface area (Å²) in [5, 5.41) is 0. The van der Waals surface area contributed by atoms with Crippen molar-refractivity contribution >= 4 is 23.4 Å². The van der Waals surface area contributed by atoms with Crippen LogP contribution in [-0.2, 0) is 20.8 Å². The number of Topliss-reactive ketones (excluding diaryl/α,β-unsaturated/α-hetero) is 3. The van der Waals surface area contributed by atoms with Gasteiger partial charge in [-0.2, -0.15) is 0 Å². The van der Waals surface area contributed by atoms with Gasteiger partial charge in [0.15, 0.2) is 5.78 Å². The fourth-order valence-electron chi connectivity index (χ4n) is 3.57. The topological polar surface area (TPSA) is 51.2 Å². The fraction of sp³-hybridized carbons (Fsp3) is 0.593. The van der Waals surface area contributed by atoms with E-state index in [2.05, 4.69) is 33.8 Å². The largest absolute Gasteiger partial charge is 0.300 e. The van der Waals surface area contributed by atoms with Crippen LogP contribution < -0.4 is 0 Å². The van der Waals surface area contributed by atoms with E-state index in [1.54, 1.807) is 0 Å². The van der Waals surface area contributed by atoms with E-state index in [-0.39, 0.29) is 30.2 Å². The van der Waals surface area contributed by atoms with E-state index in [0.717, 1.165) is 28.7 Å². The molecule has 0 radical (unpaired) electrons. The van der Waals surface area contributed by atoms with Crippen LogP contribution in [-0.4, -0.2) is 17.3 Å². The van der Waals surface area contributed by atoms with Crippen LogP contribution >= 0.6 is 0 Å². The first-order chi connectivity index (χ1) is 13.9. The molecule has 3 heteroatoms. The van der Waals surface area contributed by atoms with Gasteiger partial charge in [-0.3, -0.25) is 9.59 Å². The van der Waals surface area contributed by atoms with E-state index in [1.807, 2.05) is 52.8 Å². The molecular formula is C27H42O3. The Kier molecular flexibility index (Phi) is 11.8. The summed E-state index contributed by atoms with van der Waals surface area (Å²) in [6.45, 7) is 20.2. The SMILES string of the molecule is C/C=C/c1cc(C)c(C2C(=O)CC(CC(C)=O)C2=O)c(CC)c1.CC.CC(C)(C)C. The van der Waals surface area contributed by atoms with Crippen LogP contribution in [0, 0.1) is 18.3 Å². The number of hydrogen-bond donors (Lipinski definition) is 0. The van der Waals surface area contributed by atoms with Gasteiger partial charge in [-0.15, -0.1) is 0 Å². The predicted octanol–water partition coefficient (Wildman–Crippen LogP) is 6.89. The van der Waals surface area contributed by atoms with E-state index in [4.69, 9.17) is 0 Å². The Labute approximate surface area is 184 Å². The van der Waals surface area contributed by atoms with Crippen molar-refractivity contribution in [1.82, 2.24) is 0 Å². The Morgan fingerprint density at radius 1 is 1.13 bits per heavy atom. The molecule has 1 fully saturated rings. The molecule has 0 aromatic heterocycles. The Morgan fingerprint density at radius 3 is 2.10 bits per heavy atom. The second kappa shape index (κ2) is 12.6. The molecule has 0 saturated heterocycles. The maximum atomic E-state index is 12.7. The number of rotatable bonds is 5. The third kappa shape index (κ3) is 8.77. The summed E-state index contributed by atoms with van der Waals surface area (Å²) in [7, 11) is 0. The summed E-state index contributed by atoms with van der Waals surface area (Å²) in [5.41, 5.74) is 4.48. The summed E-state index contributed by atoms with van der Waals surface area (Å²) < 4.78 is 0. The first-order valence-corrected chi connectivity index (χ1v) is 11.2. The minimum Gasteiger partial charge on any atom is -0.300 e. The quantitative estimate of drug-likeness (QED) is 0.493. The Hall–Kier alpha value is -2.03. The maximum absolute atomic E-state index is 12.7. The lowest BCUT2D eigenvalue weighted by Gasteiger charge is -2.18. The average molecular weight is 415 g/mol. The van der Waals surface area contributed by atoms with E-state index < -0.39 is 11.8 Å². The highest BCUT2D eigenvalue weighted by Gasteiger charge is 2.43. The van der Waals surface area contributed by atoms with E-state index in [9.17, 15) is 14.4 Å². The summed E-state index contributed by atoms with van der Waals surface area (Å²) in [6, 6.07) is 4.08. The van der Waals surface area contributed by atoms with Crippen LogP contribution in [0.1, 0.15) is 103 Å². The number of benzene rings is 1. The number of allylic oxidation sites excluding steroid dienone is 1. The fourth-order valence-corrected chi connectivity index (χ4v) is 3.57. The van der Waals surface area contributed by atoms with Gasteiger partial charge in [0.25, 0.3) is 0 Å². The summed E-state index contributed by atoms with van der Waals surface area (Å²) >= 11 is 0. The smallest absolute Gasteiger partial charge is 0.151 e. The lowest BCUT2D eigenvalue weighted by Crippen LogP contribution is -2.19. The van der Waals surface area contributed by atoms with E-state index in [0.29, 0.717) is 5.41 Å². The molecule has 2 unspecified atom stereocenters. The molecule has 1 aliphatic rings. The normalized spacial score (nSPS) is 18.6. The zero-order valence-electron chi connectivity index (χ0n) is 20.8. The van der Waals surface area contributed by atoms with Crippen molar-refractivity contribution in [3.8, 4) is 0 Å². The van der Waals surface area contributed by atoms with Crippen molar-refractivity contribution in [2.45, 2.75) is 94.4 Å². The van der Waals surface area contributed by atoms with Crippen LogP contribution in [0.5, 0.6) is 0 Å². The third-order valence-electron chi connectivity index (χ3n) is 4.51. The lowest BCUT2D eigenvalue weighted by atomic mass is 9.84. The molecule has 0 heterocycles. The minimum atomic E-state index is -0.686. The Morgan fingerprint density at radius 2 is 1.67 bits per heavy atom.